The van der Waals surface area contributed by atoms with Gasteiger partial charge >= 0.3 is 0 Å². The summed E-state index contributed by atoms with van der Waals surface area (Å²) in [5.41, 5.74) is 1.06. The molecule has 0 spiro atoms. The summed E-state index contributed by atoms with van der Waals surface area (Å²) in [6.07, 6.45) is 5.03. The molecule has 0 unspecified atom stereocenters. The molecule has 0 aromatic heterocycles. The smallest absolute Gasteiger partial charge is 0.257 e. The topological polar surface area (TPSA) is 87.3 Å². The maximum absolute atomic E-state index is 12.5. The third kappa shape index (κ3) is 6.33. The lowest BCUT2D eigenvalue weighted by molar-refractivity contribution is 0.0977. The highest BCUT2D eigenvalue weighted by Crippen LogP contribution is 2.21. The monoisotopic (exact) mass is 495 g/mol. The van der Waals surface area contributed by atoms with E-state index < -0.39 is 10.0 Å². The van der Waals surface area contributed by atoms with Crippen LogP contribution in [0.4, 0.5) is 5.69 Å². The van der Waals surface area contributed by atoms with Gasteiger partial charge in [-0.15, -0.1) is 0 Å². The average molecular weight is 496 g/mol. The molecule has 2 aromatic rings. The largest absolute Gasteiger partial charge is 0.332 e. The van der Waals surface area contributed by atoms with Crippen molar-refractivity contribution in [3.63, 3.8) is 0 Å². The van der Waals surface area contributed by atoms with Gasteiger partial charge in [-0.3, -0.25) is 10.1 Å². The Morgan fingerprint density at radius 1 is 1.03 bits per heavy atom. The molecule has 1 saturated carbocycles. The number of sulfonamides is 1. The summed E-state index contributed by atoms with van der Waals surface area (Å²) >= 11 is 8.50. The summed E-state index contributed by atoms with van der Waals surface area (Å²) in [5, 5.41) is 5.62. The van der Waals surface area contributed by atoms with Gasteiger partial charge in [0.2, 0.25) is 10.0 Å². The Kier molecular flexibility index (Phi) is 7.39. The number of carbonyl (C=O) groups is 1. The molecule has 9 heteroatoms. The zero-order valence-corrected chi connectivity index (χ0v) is 18.9. The second kappa shape index (κ2) is 9.80. The molecule has 3 N–H and O–H groups in total. The van der Waals surface area contributed by atoms with Crippen LogP contribution in [-0.4, -0.2) is 25.5 Å². The fraction of sp³-hybridized carbons (Fsp3) is 0.300. The number of carbonyl (C=O) groups excluding carboxylic acids is 1. The molecular formula is C20H22BrN3O3S2. The minimum Gasteiger partial charge on any atom is -0.332 e. The van der Waals surface area contributed by atoms with Crippen LogP contribution in [-0.2, 0) is 10.0 Å². The second-order valence-electron chi connectivity index (χ2n) is 6.90. The van der Waals surface area contributed by atoms with Gasteiger partial charge in [0.25, 0.3) is 5.91 Å². The number of anilines is 1. The van der Waals surface area contributed by atoms with Gasteiger partial charge in [0, 0.05) is 21.8 Å². The van der Waals surface area contributed by atoms with E-state index in [4.69, 9.17) is 12.2 Å². The number of halogens is 1. The highest BCUT2D eigenvalue weighted by atomic mass is 79.9. The van der Waals surface area contributed by atoms with Crippen molar-refractivity contribution < 1.29 is 13.2 Å². The fourth-order valence-electron chi connectivity index (χ4n) is 3.19. The lowest BCUT2D eigenvalue weighted by atomic mass is 9.96. The molecule has 1 fully saturated rings. The molecule has 3 rings (SSSR count). The zero-order valence-electron chi connectivity index (χ0n) is 15.7. The van der Waals surface area contributed by atoms with Gasteiger partial charge < -0.3 is 5.32 Å². The van der Waals surface area contributed by atoms with Crippen LogP contribution in [0.15, 0.2) is 57.9 Å². The number of benzene rings is 2. The summed E-state index contributed by atoms with van der Waals surface area (Å²) < 4.78 is 28.7. The van der Waals surface area contributed by atoms with Crippen molar-refractivity contribution in [1.82, 2.24) is 10.0 Å². The summed E-state index contributed by atoms with van der Waals surface area (Å²) in [6, 6.07) is 13.2. The third-order valence-electron chi connectivity index (χ3n) is 4.66. The summed E-state index contributed by atoms with van der Waals surface area (Å²) in [7, 11) is -3.55. The normalized spacial score (nSPS) is 14.9. The predicted octanol–water partition coefficient (Wildman–Crippen LogP) is 4.19. The number of thiocarbonyl (C=S) groups is 1. The summed E-state index contributed by atoms with van der Waals surface area (Å²) in [6.45, 7) is 0. The molecule has 2 aromatic carbocycles. The van der Waals surface area contributed by atoms with Crippen molar-refractivity contribution in [2.45, 2.75) is 43.0 Å². The van der Waals surface area contributed by atoms with Gasteiger partial charge in [0.1, 0.15) is 0 Å². The molecule has 0 saturated heterocycles. The van der Waals surface area contributed by atoms with Crippen molar-refractivity contribution in [1.29, 1.82) is 0 Å². The number of nitrogens with one attached hydrogen (secondary N) is 3. The van der Waals surface area contributed by atoms with Gasteiger partial charge in [0.15, 0.2) is 5.11 Å². The first-order valence-corrected chi connectivity index (χ1v) is 12.0. The molecule has 0 atom stereocenters. The highest BCUT2D eigenvalue weighted by Gasteiger charge is 2.21. The van der Waals surface area contributed by atoms with Crippen LogP contribution in [0.1, 0.15) is 42.5 Å². The third-order valence-corrected chi connectivity index (χ3v) is 6.90. The number of amides is 1. The standard InChI is InChI=1S/C20H22BrN3O3S2/c21-15-6-4-5-14(13-15)19(25)23-20(28)22-16-9-11-18(12-10-16)29(26,27)24-17-7-2-1-3-8-17/h4-6,9-13,17,24H,1-3,7-8H2,(H2,22,23,25,28). The molecule has 1 aliphatic carbocycles. The van der Waals surface area contributed by atoms with E-state index >= 15 is 0 Å². The van der Waals surface area contributed by atoms with E-state index in [1.165, 1.54) is 12.1 Å². The Morgan fingerprint density at radius 3 is 2.38 bits per heavy atom. The Labute approximate surface area is 184 Å². The van der Waals surface area contributed by atoms with Crippen LogP contribution >= 0.6 is 28.1 Å². The Balaban J connectivity index is 1.58. The molecule has 0 bridgehead atoms. The predicted molar refractivity (Wildman–Crippen MR) is 121 cm³/mol. The maximum atomic E-state index is 12.5. The second-order valence-corrected chi connectivity index (χ2v) is 9.94. The number of hydrogen-bond donors (Lipinski definition) is 3. The van der Waals surface area contributed by atoms with Crippen molar-refractivity contribution in [3.8, 4) is 0 Å². The highest BCUT2D eigenvalue weighted by molar-refractivity contribution is 9.10. The van der Waals surface area contributed by atoms with Crippen LogP contribution in [0, 0.1) is 0 Å². The summed E-state index contributed by atoms with van der Waals surface area (Å²) in [4.78, 5) is 12.4. The Morgan fingerprint density at radius 2 is 1.72 bits per heavy atom. The van der Waals surface area contributed by atoms with Crippen LogP contribution in [0.25, 0.3) is 0 Å². The van der Waals surface area contributed by atoms with Crippen LogP contribution < -0.4 is 15.4 Å². The van der Waals surface area contributed by atoms with Crippen molar-refractivity contribution >= 4 is 54.9 Å². The first kappa shape index (κ1) is 21.9. The quantitative estimate of drug-likeness (QED) is 0.541. The van der Waals surface area contributed by atoms with Crippen molar-refractivity contribution in [3.05, 3.63) is 58.6 Å². The molecule has 0 radical (unpaired) electrons. The van der Waals surface area contributed by atoms with E-state index in [1.807, 2.05) is 6.07 Å². The molecule has 0 heterocycles. The minimum absolute atomic E-state index is 0.00682. The molecule has 154 valence electrons. The van der Waals surface area contributed by atoms with Gasteiger partial charge in [0.05, 0.1) is 4.90 Å². The molecule has 1 amide bonds. The SMILES string of the molecule is O=C(NC(=S)Nc1ccc(S(=O)(=O)NC2CCCCC2)cc1)c1cccc(Br)c1. The minimum atomic E-state index is -3.55. The van der Waals surface area contributed by atoms with E-state index in [0.717, 1.165) is 36.6 Å². The van der Waals surface area contributed by atoms with Crippen LogP contribution in [0.3, 0.4) is 0 Å². The van der Waals surface area contributed by atoms with E-state index in [-0.39, 0.29) is 22.0 Å². The molecule has 0 aliphatic heterocycles. The van der Waals surface area contributed by atoms with E-state index in [2.05, 4.69) is 31.3 Å². The van der Waals surface area contributed by atoms with Gasteiger partial charge in [-0.2, -0.15) is 0 Å². The van der Waals surface area contributed by atoms with Crippen molar-refractivity contribution in [2.24, 2.45) is 0 Å². The van der Waals surface area contributed by atoms with Gasteiger partial charge in [-0.1, -0.05) is 41.3 Å². The number of hydrogen-bond acceptors (Lipinski definition) is 4. The van der Waals surface area contributed by atoms with E-state index in [1.54, 1.807) is 30.3 Å². The number of rotatable bonds is 5. The van der Waals surface area contributed by atoms with Crippen molar-refractivity contribution in [2.75, 3.05) is 5.32 Å². The first-order valence-electron chi connectivity index (χ1n) is 9.34. The van der Waals surface area contributed by atoms with Gasteiger partial charge in [-0.05, 0) is 67.5 Å². The van der Waals surface area contributed by atoms with Crippen LogP contribution in [0.5, 0.6) is 0 Å². The first-order chi connectivity index (χ1) is 13.8. The molecular weight excluding hydrogens is 474 g/mol. The lowest BCUT2D eigenvalue weighted by Crippen LogP contribution is -2.36. The molecule has 1 aliphatic rings. The lowest BCUT2D eigenvalue weighted by Gasteiger charge is -2.22. The Bertz CT molecular complexity index is 988. The molecule has 29 heavy (non-hydrogen) atoms. The fourth-order valence-corrected chi connectivity index (χ4v) is 5.11. The van der Waals surface area contributed by atoms with E-state index in [0.29, 0.717) is 11.3 Å². The van der Waals surface area contributed by atoms with Crippen LogP contribution in [0.2, 0.25) is 0 Å². The summed E-state index contributed by atoms with van der Waals surface area (Å²) in [5.74, 6) is -0.334. The average Bonchev–Trinajstić information content (AvgIpc) is 2.68. The Hall–Kier alpha value is -1.81. The van der Waals surface area contributed by atoms with Gasteiger partial charge in [-0.25, -0.2) is 13.1 Å². The zero-order chi connectivity index (χ0) is 20.9. The van der Waals surface area contributed by atoms with E-state index in [9.17, 15) is 13.2 Å². The molecule has 6 nitrogen and oxygen atoms in total. The maximum Gasteiger partial charge on any atom is 0.257 e.